The van der Waals surface area contributed by atoms with Crippen LogP contribution in [0, 0.1) is 6.92 Å². The molecule has 0 radical (unpaired) electrons. The molecule has 2 amide bonds. The highest BCUT2D eigenvalue weighted by Crippen LogP contribution is 2.20. The Labute approximate surface area is 172 Å². The first-order chi connectivity index (χ1) is 13.5. The zero-order chi connectivity index (χ0) is 20.1. The van der Waals surface area contributed by atoms with Gasteiger partial charge in [0.2, 0.25) is 5.91 Å². The number of hydrogen-bond acceptors (Lipinski definition) is 3. The van der Waals surface area contributed by atoms with E-state index in [9.17, 15) is 9.59 Å². The third kappa shape index (κ3) is 4.67. The summed E-state index contributed by atoms with van der Waals surface area (Å²) in [5.74, 6) is -0.298. The second kappa shape index (κ2) is 8.84. The first-order valence-corrected chi connectivity index (χ1v) is 9.79. The number of halogens is 1. The maximum atomic E-state index is 12.7. The highest BCUT2D eigenvalue weighted by molar-refractivity contribution is 9.10. The number of anilines is 2. The van der Waals surface area contributed by atoms with Gasteiger partial charge in [0.05, 0.1) is 23.1 Å². The number of hydrogen-bond donors (Lipinski definition) is 2. The first kappa shape index (κ1) is 19.8. The average molecular weight is 441 g/mol. The van der Waals surface area contributed by atoms with Crippen molar-refractivity contribution in [3.63, 3.8) is 0 Å². The van der Waals surface area contributed by atoms with Crippen LogP contribution in [-0.2, 0) is 4.79 Å². The summed E-state index contributed by atoms with van der Waals surface area (Å²) in [6, 6.07) is 14.8. The Balaban J connectivity index is 1.76. The molecule has 1 aromatic heterocycles. The molecular weight excluding hydrogens is 420 g/mol. The summed E-state index contributed by atoms with van der Waals surface area (Å²) < 4.78 is 2.66. The molecule has 1 heterocycles. The topological polar surface area (TPSA) is 76.0 Å². The highest BCUT2D eigenvalue weighted by atomic mass is 79.9. The normalized spacial score (nSPS) is 10.5. The fourth-order valence-corrected chi connectivity index (χ4v) is 3.21. The summed E-state index contributed by atoms with van der Waals surface area (Å²) in [7, 11) is 0. The maximum absolute atomic E-state index is 12.7. The van der Waals surface area contributed by atoms with Crippen molar-refractivity contribution in [2.75, 3.05) is 10.6 Å². The van der Waals surface area contributed by atoms with Crippen molar-refractivity contribution in [2.45, 2.75) is 26.7 Å². The van der Waals surface area contributed by atoms with Gasteiger partial charge in [-0.15, -0.1) is 0 Å². The van der Waals surface area contributed by atoms with Crippen molar-refractivity contribution >= 4 is 39.1 Å². The molecule has 2 aromatic carbocycles. The number of benzene rings is 2. The Bertz CT molecular complexity index is 1010. The summed E-state index contributed by atoms with van der Waals surface area (Å²) in [6.45, 7) is 3.80. The molecule has 144 valence electrons. The van der Waals surface area contributed by atoms with E-state index < -0.39 is 0 Å². The Hall–Kier alpha value is -2.93. The van der Waals surface area contributed by atoms with E-state index in [-0.39, 0.29) is 11.8 Å². The third-order valence-corrected chi connectivity index (χ3v) is 4.68. The Morgan fingerprint density at radius 1 is 1.07 bits per heavy atom. The lowest BCUT2D eigenvalue weighted by Gasteiger charge is -2.09. The molecule has 0 aliphatic rings. The lowest BCUT2D eigenvalue weighted by Crippen LogP contribution is -2.14. The van der Waals surface area contributed by atoms with Crippen LogP contribution in [0.2, 0.25) is 0 Å². The van der Waals surface area contributed by atoms with Crippen molar-refractivity contribution in [1.29, 1.82) is 0 Å². The van der Waals surface area contributed by atoms with Crippen LogP contribution in [0.3, 0.4) is 0 Å². The minimum absolute atomic E-state index is 0.0443. The summed E-state index contributed by atoms with van der Waals surface area (Å²) >= 11 is 3.45. The Morgan fingerprint density at radius 2 is 1.79 bits per heavy atom. The van der Waals surface area contributed by atoms with E-state index >= 15 is 0 Å². The van der Waals surface area contributed by atoms with Gasteiger partial charge in [-0.2, -0.15) is 5.10 Å². The van der Waals surface area contributed by atoms with Gasteiger partial charge in [0.25, 0.3) is 5.91 Å². The van der Waals surface area contributed by atoms with E-state index in [1.807, 2.05) is 38.1 Å². The van der Waals surface area contributed by atoms with E-state index in [0.717, 1.165) is 22.3 Å². The largest absolute Gasteiger partial charge is 0.326 e. The van der Waals surface area contributed by atoms with Gasteiger partial charge in [-0.05, 0) is 49.7 Å². The van der Waals surface area contributed by atoms with E-state index in [1.54, 1.807) is 35.1 Å². The molecule has 0 aliphatic heterocycles. The molecule has 0 fully saturated rings. The second-order valence-corrected chi connectivity index (χ2v) is 7.28. The number of rotatable bonds is 6. The predicted molar refractivity (Wildman–Crippen MR) is 114 cm³/mol. The Kier molecular flexibility index (Phi) is 6.26. The number of aromatic nitrogens is 2. The summed E-state index contributed by atoms with van der Waals surface area (Å²) in [6.07, 6.45) is 2.80. The van der Waals surface area contributed by atoms with Crippen LogP contribution in [0.25, 0.3) is 5.69 Å². The molecule has 0 saturated carbocycles. The van der Waals surface area contributed by atoms with Crippen LogP contribution in [0.4, 0.5) is 11.4 Å². The van der Waals surface area contributed by atoms with Crippen molar-refractivity contribution in [3.05, 3.63) is 70.5 Å². The van der Waals surface area contributed by atoms with Gasteiger partial charge in [-0.1, -0.05) is 35.0 Å². The maximum Gasteiger partial charge on any atom is 0.259 e. The first-order valence-electron chi connectivity index (χ1n) is 8.99. The van der Waals surface area contributed by atoms with Gasteiger partial charge in [0.15, 0.2) is 0 Å². The van der Waals surface area contributed by atoms with Crippen molar-refractivity contribution in [1.82, 2.24) is 9.78 Å². The number of nitrogens with zero attached hydrogens (tertiary/aromatic N) is 2. The molecule has 28 heavy (non-hydrogen) atoms. The van der Waals surface area contributed by atoms with Gasteiger partial charge in [-0.3, -0.25) is 9.59 Å². The monoisotopic (exact) mass is 440 g/mol. The standard InChI is InChI=1S/C21H21BrN4O2/c1-3-6-20(27)24-16-8-5-9-17(12-16)25-21(28)19-13-23-26(14(19)2)18-10-4-7-15(22)11-18/h4-5,7-13H,3,6H2,1-2H3,(H,24,27)(H,25,28). The van der Waals surface area contributed by atoms with E-state index in [0.29, 0.717) is 23.4 Å². The van der Waals surface area contributed by atoms with Gasteiger partial charge < -0.3 is 10.6 Å². The molecule has 7 heteroatoms. The molecule has 3 aromatic rings. The smallest absolute Gasteiger partial charge is 0.259 e. The molecule has 0 bridgehead atoms. The molecule has 3 rings (SSSR count). The number of carbonyl (C=O) groups excluding carboxylic acids is 2. The van der Waals surface area contributed by atoms with Crippen LogP contribution < -0.4 is 10.6 Å². The SMILES string of the molecule is CCCC(=O)Nc1cccc(NC(=O)c2cnn(-c3cccc(Br)c3)c2C)c1. The summed E-state index contributed by atoms with van der Waals surface area (Å²) in [4.78, 5) is 24.5. The van der Waals surface area contributed by atoms with Crippen molar-refractivity contribution < 1.29 is 9.59 Å². The lowest BCUT2D eigenvalue weighted by molar-refractivity contribution is -0.116. The van der Waals surface area contributed by atoms with Crippen molar-refractivity contribution in [3.8, 4) is 5.69 Å². The minimum Gasteiger partial charge on any atom is -0.326 e. The van der Waals surface area contributed by atoms with Crippen LogP contribution in [0.5, 0.6) is 0 Å². The molecule has 0 atom stereocenters. The zero-order valence-corrected chi connectivity index (χ0v) is 17.3. The zero-order valence-electron chi connectivity index (χ0n) is 15.7. The van der Waals surface area contributed by atoms with E-state index in [1.165, 1.54) is 0 Å². The van der Waals surface area contributed by atoms with Crippen LogP contribution in [-0.4, -0.2) is 21.6 Å². The quantitative estimate of drug-likeness (QED) is 0.569. The molecule has 0 saturated heterocycles. The molecule has 2 N–H and O–H groups in total. The van der Waals surface area contributed by atoms with Gasteiger partial charge in [0, 0.05) is 22.3 Å². The van der Waals surface area contributed by atoms with E-state index in [2.05, 4.69) is 31.7 Å². The molecular formula is C21H21BrN4O2. The number of carbonyl (C=O) groups is 2. The highest BCUT2D eigenvalue weighted by Gasteiger charge is 2.16. The van der Waals surface area contributed by atoms with Crippen molar-refractivity contribution in [2.24, 2.45) is 0 Å². The fourth-order valence-electron chi connectivity index (χ4n) is 2.82. The molecule has 6 nitrogen and oxygen atoms in total. The summed E-state index contributed by atoms with van der Waals surface area (Å²) in [5.41, 5.74) is 3.35. The van der Waals surface area contributed by atoms with Crippen LogP contribution in [0.15, 0.2) is 59.2 Å². The summed E-state index contributed by atoms with van der Waals surface area (Å²) in [5, 5.41) is 10.0. The average Bonchev–Trinajstić information content (AvgIpc) is 3.04. The number of amides is 2. The van der Waals surface area contributed by atoms with Crippen LogP contribution >= 0.6 is 15.9 Å². The Morgan fingerprint density at radius 3 is 2.50 bits per heavy atom. The number of nitrogens with one attached hydrogen (secondary N) is 2. The van der Waals surface area contributed by atoms with Gasteiger partial charge in [0.1, 0.15) is 0 Å². The van der Waals surface area contributed by atoms with Gasteiger partial charge >= 0.3 is 0 Å². The van der Waals surface area contributed by atoms with E-state index in [4.69, 9.17) is 0 Å². The predicted octanol–water partition coefficient (Wildman–Crippen LogP) is 4.93. The van der Waals surface area contributed by atoms with Gasteiger partial charge in [-0.25, -0.2) is 4.68 Å². The third-order valence-electron chi connectivity index (χ3n) is 4.19. The second-order valence-electron chi connectivity index (χ2n) is 6.37. The minimum atomic E-state index is -0.254. The van der Waals surface area contributed by atoms with Crippen LogP contribution in [0.1, 0.15) is 35.8 Å². The molecule has 0 aliphatic carbocycles. The lowest BCUT2D eigenvalue weighted by atomic mass is 10.2. The molecule has 0 spiro atoms. The molecule has 0 unspecified atom stereocenters. The fraction of sp³-hybridized carbons (Fsp3) is 0.190.